The fraction of sp³-hybridized carbons (Fsp3) is 0.714. The Kier molecular flexibility index (Phi) is 5.57. The Bertz CT molecular complexity index is 79.0. The van der Waals surface area contributed by atoms with Gasteiger partial charge < -0.3 is 10.2 Å². The Balaban J connectivity index is 2.97. The molecule has 0 bridgehead atoms. The zero-order chi connectivity index (χ0) is 7.11. The van der Waals surface area contributed by atoms with Gasteiger partial charge in [-0.2, -0.15) is 0 Å². The lowest BCUT2D eigenvalue weighted by atomic mass is 10.1. The molecule has 0 aromatic rings. The third-order valence-electron chi connectivity index (χ3n) is 1.16. The normalized spacial score (nSPS) is 9.56. The Hall–Kier alpha value is -0.340. The van der Waals surface area contributed by atoms with Crippen molar-refractivity contribution in [2.45, 2.75) is 19.3 Å². The maximum atomic E-state index is 8.47. The molecule has 0 atom stereocenters. The highest BCUT2D eigenvalue weighted by Crippen LogP contribution is 2.02. The van der Waals surface area contributed by atoms with Crippen LogP contribution in [0.1, 0.15) is 19.3 Å². The van der Waals surface area contributed by atoms with Crippen molar-refractivity contribution in [1.29, 1.82) is 0 Å². The van der Waals surface area contributed by atoms with Gasteiger partial charge in [-0.25, -0.2) is 0 Å². The molecule has 0 radical (unpaired) electrons. The van der Waals surface area contributed by atoms with Crippen LogP contribution in [0, 0.1) is 0 Å². The summed E-state index contributed by atoms with van der Waals surface area (Å²) in [5.74, 6) is 0. The SMILES string of the molecule is C=C(CO)CCCCO. The van der Waals surface area contributed by atoms with Crippen LogP contribution in [-0.2, 0) is 0 Å². The van der Waals surface area contributed by atoms with Crippen LogP contribution in [0.25, 0.3) is 0 Å². The standard InChI is InChI=1S/C7H14O2/c1-7(6-9)4-2-3-5-8/h8-9H,1-6H2. The summed E-state index contributed by atoms with van der Waals surface area (Å²) >= 11 is 0. The van der Waals surface area contributed by atoms with Gasteiger partial charge >= 0.3 is 0 Å². The first-order valence-corrected chi connectivity index (χ1v) is 3.19. The van der Waals surface area contributed by atoms with E-state index in [0.29, 0.717) is 0 Å². The molecule has 0 unspecified atom stereocenters. The molecule has 0 fully saturated rings. The summed E-state index contributed by atoms with van der Waals surface area (Å²) in [6.07, 6.45) is 2.56. The average molecular weight is 130 g/mol. The zero-order valence-corrected chi connectivity index (χ0v) is 5.64. The largest absolute Gasteiger partial charge is 0.396 e. The molecule has 9 heavy (non-hydrogen) atoms. The average Bonchev–Trinajstić information content (AvgIpc) is 1.89. The monoisotopic (exact) mass is 130 g/mol. The van der Waals surface area contributed by atoms with Crippen molar-refractivity contribution in [3.05, 3.63) is 12.2 Å². The topological polar surface area (TPSA) is 40.5 Å². The highest BCUT2D eigenvalue weighted by atomic mass is 16.3. The minimum atomic E-state index is 0.0748. The van der Waals surface area contributed by atoms with Crippen LogP contribution in [-0.4, -0.2) is 23.4 Å². The van der Waals surface area contributed by atoms with Gasteiger partial charge in [0.15, 0.2) is 0 Å². The predicted molar refractivity (Wildman–Crippen MR) is 37.2 cm³/mol. The van der Waals surface area contributed by atoms with Gasteiger partial charge in [0.2, 0.25) is 0 Å². The van der Waals surface area contributed by atoms with E-state index in [1.54, 1.807) is 0 Å². The number of unbranched alkanes of at least 4 members (excludes halogenated alkanes) is 1. The molecule has 0 aliphatic carbocycles. The van der Waals surface area contributed by atoms with Crippen molar-refractivity contribution < 1.29 is 10.2 Å². The number of aliphatic hydroxyl groups excluding tert-OH is 2. The minimum Gasteiger partial charge on any atom is -0.396 e. The van der Waals surface area contributed by atoms with Crippen LogP contribution in [0.5, 0.6) is 0 Å². The van der Waals surface area contributed by atoms with Crippen molar-refractivity contribution in [2.24, 2.45) is 0 Å². The molecule has 0 saturated carbocycles. The summed E-state index contributed by atoms with van der Waals surface area (Å²) in [4.78, 5) is 0. The van der Waals surface area contributed by atoms with Crippen molar-refractivity contribution in [3.8, 4) is 0 Å². The van der Waals surface area contributed by atoms with Gasteiger partial charge in [-0.05, 0) is 19.3 Å². The molecule has 0 aromatic heterocycles. The minimum absolute atomic E-state index is 0.0748. The molecule has 2 nitrogen and oxygen atoms in total. The summed E-state index contributed by atoms with van der Waals surface area (Å²) in [6.45, 7) is 3.92. The number of hydrogen-bond donors (Lipinski definition) is 2. The van der Waals surface area contributed by atoms with E-state index < -0.39 is 0 Å². The van der Waals surface area contributed by atoms with Crippen molar-refractivity contribution in [2.75, 3.05) is 13.2 Å². The number of rotatable bonds is 5. The van der Waals surface area contributed by atoms with Crippen LogP contribution in [0.15, 0.2) is 12.2 Å². The first-order chi connectivity index (χ1) is 4.31. The second-order valence-electron chi connectivity index (χ2n) is 2.09. The van der Waals surface area contributed by atoms with Crippen LogP contribution < -0.4 is 0 Å². The van der Waals surface area contributed by atoms with Gasteiger partial charge in [0.1, 0.15) is 0 Å². The van der Waals surface area contributed by atoms with E-state index >= 15 is 0 Å². The molecule has 0 aliphatic rings. The molecule has 0 aliphatic heterocycles. The van der Waals surface area contributed by atoms with E-state index in [9.17, 15) is 0 Å². The van der Waals surface area contributed by atoms with Gasteiger partial charge in [0.25, 0.3) is 0 Å². The molecule has 0 rings (SSSR count). The van der Waals surface area contributed by atoms with Gasteiger partial charge in [0.05, 0.1) is 6.61 Å². The maximum absolute atomic E-state index is 8.47. The summed E-state index contributed by atoms with van der Waals surface area (Å²) in [5, 5.41) is 16.8. The quantitative estimate of drug-likeness (QED) is 0.425. The van der Waals surface area contributed by atoms with Gasteiger partial charge in [-0.15, -0.1) is 0 Å². The van der Waals surface area contributed by atoms with E-state index in [4.69, 9.17) is 10.2 Å². The zero-order valence-electron chi connectivity index (χ0n) is 5.64. The van der Waals surface area contributed by atoms with Gasteiger partial charge in [0, 0.05) is 6.61 Å². The van der Waals surface area contributed by atoms with Crippen molar-refractivity contribution >= 4 is 0 Å². The van der Waals surface area contributed by atoms with Crippen LogP contribution in [0.3, 0.4) is 0 Å². The lowest BCUT2D eigenvalue weighted by molar-refractivity contribution is 0.281. The summed E-state index contributed by atoms with van der Waals surface area (Å²) in [6, 6.07) is 0. The summed E-state index contributed by atoms with van der Waals surface area (Å²) in [5.41, 5.74) is 0.850. The first-order valence-electron chi connectivity index (χ1n) is 3.19. The third kappa shape index (κ3) is 5.53. The number of hydrogen-bond acceptors (Lipinski definition) is 2. The molecule has 0 aromatic carbocycles. The molecule has 2 heteroatoms. The Labute approximate surface area is 55.8 Å². The highest BCUT2D eigenvalue weighted by Gasteiger charge is 1.90. The van der Waals surface area contributed by atoms with Crippen LogP contribution >= 0.6 is 0 Å². The van der Waals surface area contributed by atoms with E-state index in [1.807, 2.05) is 0 Å². The fourth-order valence-corrected chi connectivity index (χ4v) is 0.566. The van der Waals surface area contributed by atoms with Crippen molar-refractivity contribution in [3.63, 3.8) is 0 Å². The smallest absolute Gasteiger partial charge is 0.0639 e. The second kappa shape index (κ2) is 5.79. The highest BCUT2D eigenvalue weighted by molar-refractivity contribution is 4.92. The Morgan fingerprint density at radius 1 is 1.22 bits per heavy atom. The summed E-state index contributed by atoms with van der Waals surface area (Å²) in [7, 11) is 0. The summed E-state index contributed by atoms with van der Waals surface area (Å²) < 4.78 is 0. The first kappa shape index (κ1) is 8.66. The predicted octanol–water partition coefficient (Wildman–Crippen LogP) is 0.698. The third-order valence-corrected chi connectivity index (χ3v) is 1.16. The van der Waals surface area contributed by atoms with E-state index in [0.717, 1.165) is 24.8 Å². The Morgan fingerprint density at radius 3 is 2.33 bits per heavy atom. The van der Waals surface area contributed by atoms with E-state index in [-0.39, 0.29) is 13.2 Å². The van der Waals surface area contributed by atoms with E-state index in [1.165, 1.54) is 0 Å². The molecule has 54 valence electrons. The fourth-order valence-electron chi connectivity index (χ4n) is 0.566. The van der Waals surface area contributed by atoms with Crippen molar-refractivity contribution in [1.82, 2.24) is 0 Å². The van der Waals surface area contributed by atoms with Gasteiger partial charge in [-0.3, -0.25) is 0 Å². The molecule has 0 saturated heterocycles. The molecule has 0 heterocycles. The lowest BCUT2D eigenvalue weighted by Gasteiger charge is -1.98. The van der Waals surface area contributed by atoms with Crippen LogP contribution in [0.4, 0.5) is 0 Å². The molecular formula is C7H14O2. The maximum Gasteiger partial charge on any atom is 0.0639 e. The molecule has 2 N–H and O–H groups in total. The lowest BCUT2D eigenvalue weighted by Crippen LogP contribution is -1.89. The second-order valence-corrected chi connectivity index (χ2v) is 2.09. The molecule has 0 amide bonds. The number of aliphatic hydroxyl groups is 2. The van der Waals surface area contributed by atoms with Gasteiger partial charge in [-0.1, -0.05) is 12.2 Å². The van der Waals surface area contributed by atoms with E-state index in [2.05, 4.69) is 6.58 Å². The molecular weight excluding hydrogens is 116 g/mol. The Morgan fingerprint density at radius 2 is 1.89 bits per heavy atom. The molecule has 0 spiro atoms. The van der Waals surface area contributed by atoms with Crippen LogP contribution in [0.2, 0.25) is 0 Å².